The Morgan fingerprint density at radius 2 is 1.45 bits per heavy atom. The van der Waals surface area contributed by atoms with Gasteiger partial charge in [0.15, 0.2) is 0 Å². The van der Waals surface area contributed by atoms with Crippen molar-refractivity contribution in [2.75, 3.05) is 0 Å². The number of Topliss-reactive ketones (excluding diaryl/α,β-unsaturated/α-hetero) is 1. The molecular weight excluding hydrogens is 288 g/mol. The van der Waals surface area contributed by atoms with E-state index < -0.39 is 0 Å². The molecule has 0 amide bonds. The standard InChI is InChI=1S/C13H17O.C5H5.Fe/c1-10-6-5-9-12(10)13(14)11-7-3-2-4-8-11;1-2-4-5-3-1;/h5-6,9,11H,2-4,7-8H2,1H3;1-5H;/q;;+2. The van der Waals surface area contributed by atoms with Gasteiger partial charge in [-0.25, -0.2) is 0 Å². The molecule has 0 aromatic rings. The van der Waals surface area contributed by atoms with Crippen molar-refractivity contribution >= 4 is 5.78 Å². The van der Waals surface area contributed by atoms with Crippen molar-refractivity contribution in [1.29, 1.82) is 0 Å². The first kappa shape index (κ1) is 18.2. The van der Waals surface area contributed by atoms with Crippen LogP contribution in [0.4, 0.5) is 0 Å². The van der Waals surface area contributed by atoms with Crippen LogP contribution in [0.25, 0.3) is 0 Å². The third-order valence-electron chi connectivity index (χ3n) is 3.83. The Hall–Kier alpha value is 0.189. The molecular formula is C18H22FeO+2. The van der Waals surface area contributed by atoms with E-state index in [1.165, 1.54) is 19.3 Å². The molecule has 10 radical (unpaired) electrons. The molecule has 0 heterocycles. The van der Waals surface area contributed by atoms with Crippen LogP contribution in [-0.2, 0) is 21.9 Å². The van der Waals surface area contributed by atoms with Gasteiger partial charge in [-0.1, -0.05) is 26.2 Å². The number of hydrogen-bond donors (Lipinski definition) is 0. The van der Waals surface area contributed by atoms with E-state index in [1.54, 1.807) is 0 Å². The van der Waals surface area contributed by atoms with Crippen molar-refractivity contribution in [3.63, 3.8) is 0 Å². The first-order chi connectivity index (χ1) is 9.29. The smallest absolute Gasteiger partial charge is 0.299 e. The monoisotopic (exact) mass is 310 g/mol. The molecule has 20 heavy (non-hydrogen) atoms. The molecule has 0 bridgehead atoms. The molecule has 3 fully saturated rings. The van der Waals surface area contributed by atoms with Crippen LogP contribution in [0.1, 0.15) is 39.0 Å². The quantitative estimate of drug-likeness (QED) is 0.706. The zero-order valence-electron chi connectivity index (χ0n) is 12.0. The van der Waals surface area contributed by atoms with Crippen LogP contribution in [-0.4, -0.2) is 5.78 Å². The number of ketones is 1. The average molecular weight is 310 g/mol. The van der Waals surface area contributed by atoms with Crippen LogP contribution >= 0.6 is 0 Å². The van der Waals surface area contributed by atoms with E-state index in [-0.39, 0.29) is 17.1 Å². The van der Waals surface area contributed by atoms with Crippen LogP contribution in [0, 0.1) is 69.1 Å². The summed E-state index contributed by atoms with van der Waals surface area (Å²) in [4.78, 5) is 12.1. The summed E-state index contributed by atoms with van der Waals surface area (Å²) >= 11 is 0. The molecule has 0 saturated heterocycles. The Labute approximate surface area is 136 Å². The van der Waals surface area contributed by atoms with Crippen LogP contribution in [0.3, 0.4) is 0 Å². The topological polar surface area (TPSA) is 17.1 Å². The van der Waals surface area contributed by atoms with E-state index in [9.17, 15) is 4.79 Å². The van der Waals surface area contributed by atoms with Gasteiger partial charge in [0, 0.05) is 5.92 Å². The second kappa shape index (κ2) is 10.0. The van der Waals surface area contributed by atoms with Gasteiger partial charge < -0.3 is 0 Å². The normalized spacial score (nSPS) is 24.9. The average Bonchev–Trinajstić information content (AvgIpc) is 3.13. The molecule has 0 aromatic carbocycles. The first-order valence-corrected chi connectivity index (χ1v) is 7.22. The molecule has 0 aromatic heterocycles. The van der Waals surface area contributed by atoms with Gasteiger partial charge in [0.25, 0.3) is 0 Å². The zero-order valence-corrected chi connectivity index (χ0v) is 13.1. The maximum absolute atomic E-state index is 12.1. The predicted octanol–water partition coefficient (Wildman–Crippen LogP) is 3.95. The van der Waals surface area contributed by atoms with Gasteiger partial charge in [-0.2, -0.15) is 0 Å². The summed E-state index contributed by atoms with van der Waals surface area (Å²) in [6.45, 7) is 2.02. The number of rotatable bonds is 2. The van der Waals surface area contributed by atoms with E-state index in [2.05, 4.69) is 0 Å². The van der Waals surface area contributed by atoms with Crippen molar-refractivity contribution in [1.82, 2.24) is 0 Å². The van der Waals surface area contributed by atoms with Gasteiger partial charge in [-0.3, -0.25) is 4.79 Å². The summed E-state index contributed by atoms with van der Waals surface area (Å²) in [5.41, 5.74) is 0. The second-order valence-electron chi connectivity index (χ2n) is 5.28. The summed E-state index contributed by atoms with van der Waals surface area (Å²) in [7, 11) is 0. The van der Waals surface area contributed by atoms with Crippen LogP contribution in [0.2, 0.25) is 0 Å². The summed E-state index contributed by atoms with van der Waals surface area (Å²) in [6, 6.07) is 0. The molecule has 1 nitrogen and oxygen atoms in total. The molecule has 3 aliphatic carbocycles. The fourth-order valence-corrected chi connectivity index (χ4v) is 2.69. The van der Waals surface area contributed by atoms with E-state index in [1.807, 2.05) is 58.3 Å². The Morgan fingerprint density at radius 3 is 1.90 bits per heavy atom. The van der Waals surface area contributed by atoms with Gasteiger partial charge in [0.05, 0.1) is 5.92 Å². The molecule has 0 N–H and O–H groups in total. The van der Waals surface area contributed by atoms with E-state index in [4.69, 9.17) is 0 Å². The van der Waals surface area contributed by atoms with E-state index in [0.29, 0.717) is 11.7 Å². The molecule has 2 heteroatoms. The fourth-order valence-electron chi connectivity index (χ4n) is 2.69. The maximum Gasteiger partial charge on any atom is 2.00 e. The van der Waals surface area contributed by atoms with Gasteiger partial charge >= 0.3 is 17.1 Å². The predicted molar refractivity (Wildman–Crippen MR) is 78.1 cm³/mol. The van der Waals surface area contributed by atoms with Crippen molar-refractivity contribution in [3.05, 3.63) is 63.2 Å². The summed E-state index contributed by atoms with van der Waals surface area (Å²) < 4.78 is 0. The molecule has 0 spiro atoms. The van der Waals surface area contributed by atoms with Gasteiger partial charge in [0.2, 0.25) is 0 Å². The van der Waals surface area contributed by atoms with Crippen LogP contribution in [0.5, 0.6) is 0 Å². The Bertz CT molecular complexity index is 259. The minimum Gasteiger partial charge on any atom is -0.299 e. The summed E-state index contributed by atoms with van der Waals surface area (Å²) in [5.74, 6) is 2.79. The van der Waals surface area contributed by atoms with Crippen molar-refractivity contribution in [3.8, 4) is 0 Å². The van der Waals surface area contributed by atoms with Gasteiger partial charge in [0.1, 0.15) is 5.78 Å². The van der Waals surface area contributed by atoms with E-state index >= 15 is 0 Å². The van der Waals surface area contributed by atoms with E-state index in [0.717, 1.165) is 24.7 Å². The van der Waals surface area contributed by atoms with Crippen LogP contribution in [0.15, 0.2) is 0 Å². The zero-order chi connectivity index (χ0) is 13.5. The second-order valence-corrected chi connectivity index (χ2v) is 5.28. The Morgan fingerprint density at radius 1 is 0.900 bits per heavy atom. The summed E-state index contributed by atoms with van der Waals surface area (Å²) in [6.07, 6.45) is 21.9. The first-order valence-electron chi connectivity index (χ1n) is 7.22. The Balaban J connectivity index is 0.000000283. The van der Waals surface area contributed by atoms with Crippen molar-refractivity contribution in [2.45, 2.75) is 39.0 Å². The summed E-state index contributed by atoms with van der Waals surface area (Å²) in [5, 5.41) is 0. The third-order valence-corrected chi connectivity index (χ3v) is 3.83. The number of hydrogen-bond acceptors (Lipinski definition) is 1. The van der Waals surface area contributed by atoms with Crippen LogP contribution < -0.4 is 0 Å². The number of carbonyl (C=O) groups is 1. The molecule has 0 atom stereocenters. The molecule has 106 valence electrons. The minimum atomic E-state index is 0. The minimum absolute atomic E-state index is 0. The molecule has 3 rings (SSSR count). The van der Waals surface area contributed by atoms with Crippen molar-refractivity contribution < 1.29 is 21.9 Å². The van der Waals surface area contributed by atoms with Gasteiger partial charge in [-0.05, 0) is 70.1 Å². The largest absolute Gasteiger partial charge is 2.00 e. The SMILES string of the molecule is C[C]1[CH][CH][CH][C]1C(=O)C1CCCCC1.[CH]1[CH][CH][CH][CH]1.[Fe+2]. The molecule has 0 unspecified atom stereocenters. The third kappa shape index (κ3) is 5.52. The molecule has 3 saturated carbocycles. The maximum atomic E-state index is 12.1. The molecule has 0 aliphatic heterocycles. The molecule has 3 aliphatic rings. The number of carbonyl (C=O) groups excluding carboxylic acids is 1. The fraction of sp³-hybridized carbons (Fsp3) is 0.389. The van der Waals surface area contributed by atoms with Gasteiger partial charge in [-0.15, -0.1) is 0 Å². The Kier molecular flexibility index (Phi) is 9.13. The van der Waals surface area contributed by atoms with Crippen molar-refractivity contribution in [2.24, 2.45) is 5.92 Å².